The number of hydrogen-bond donors (Lipinski definition) is 0. The number of benzene rings is 1. The fourth-order valence-electron chi connectivity index (χ4n) is 1.61. The van der Waals surface area contributed by atoms with Crippen molar-refractivity contribution in [2.75, 3.05) is 4.55 Å². The molecule has 2 aromatic rings. The predicted molar refractivity (Wildman–Crippen MR) is 66.1 cm³/mol. The van der Waals surface area contributed by atoms with Crippen molar-refractivity contribution in [3.63, 3.8) is 0 Å². The molecule has 1 aliphatic heterocycles. The van der Waals surface area contributed by atoms with Crippen LogP contribution in [0.15, 0.2) is 39.0 Å². The minimum absolute atomic E-state index is 0.119. The number of hydrogen-bond acceptors (Lipinski definition) is 5. The maximum absolute atomic E-state index is 11.0. The van der Waals surface area contributed by atoms with Gasteiger partial charge in [-0.15, -0.1) is 0 Å². The van der Waals surface area contributed by atoms with Crippen molar-refractivity contribution in [3.8, 4) is 0 Å². The Morgan fingerprint density at radius 1 is 1.39 bits per heavy atom. The first-order chi connectivity index (χ1) is 8.75. The molecule has 2 heterocycles. The van der Waals surface area contributed by atoms with Crippen LogP contribution in [-0.4, -0.2) is 20.2 Å². The Morgan fingerprint density at radius 2 is 2.22 bits per heavy atom. The van der Waals surface area contributed by atoms with E-state index in [0.29, 0.717) is 15.3 Å². The first-order valence-corrected chi connectivity index (χ1v) is 8.67. The summed E-state index contributed by atoms with van der Waals surface area (Å²) >= 11 is 1.13. The summed E-state index contributed by atoms with van der Waals surface area (Å²) in [5.41, 5.74) is 1.42. The van der Waals surface area contributed by atoms with E-state index >= 15 is 0 Å². The quantitative estimate of drug-likeness (QED) is 0.229. The molecule has 0 spiro atoms. The molecule has 0 saturated carbocycles. The fourth-order valence-corrected chi connectivity index (χ4v) is 4.27. The summed E-state index contributed by atoms with van der Waals surface area (Å²) in [6.07, 6.45) is 0. The number of halogens is 1. The molecule has 1 aromatic heterocycles. The molecule has 0 amide bonds. The normalized spacial score (nSPS) is 15.8. The van der Waals surface area contributed by atoms with Gasteiger partial charge in [0.2, 0.25) is 0 Å². The number of aliphatic imine (C=N–C) groups is 1. The summed E-state index contributed by atoms with van der Waals surface area (Å²) in [6.45, 7) is 0. The summed E-state index contributed by atoms with van der Waals surface area (Å²) < 4.78 is 3.45. The molecule has 0 unspecified atom stereocenters. The van der Waals surface area contributed by atoms with Crippen LogP contribution >= 0.6 is 11.3 Å². The van der Waals surface area contributed by atoms with E-state index in [4.69, 9.17) is 0 Å². The van der Waals surface area contributed by atoms with Crippen molar-refractivity contribution >= 4 is 27.3 Å². The van der Waals surface area contributed by atoms with Gasteiger partial charge in [0.25, 0.3) is 0 Å². The Balaban J connectivity index is 2.11. The number of aromatic nitrogens is 1. The first-order valence-electron chi connectivity index (χ1n) is 5.09. The van der Waals surface area contributed by atoms with E-state index in [1.807, 2.05) is 24.3 Å². The van der Waals surface area contributed by atoms with Crippen molar-refractivity contribution in [3.05, 3.63) is 49.2 Å². The molecule has 0 N–H and O–H groups in total. The Hall–Kier alpha value is -1.35. The summed E-state index contributed by atoms with van der Waals surface area (Å²) in [7, 11) is 0. The number of allylic oxidation sites excluding steroid dienone is 1. The van der Waals surface area contributed by atoms with Gasteiger partial charge < -0.3 is 0 Å². The number of nitrogens with zero attached hydrogens (tertiary/aromatic N) is 3. The molecule has 5 nitrogen and oxygen atoms in total. The monoisotopic (exact) mass is 372 g/mol. The Bertz CT molecular complexity index is 659. The first kappa shape index (κ1) is 11.7. The molecule has 92 valence electrons. The van der Waals surface area contributed by atoms with Crippen LogP contribution < -0.4 is 21.2 Å². The summed E-state index contributed by atoms with van der Waals surface area (Å²) in [6, 6.07) is 7.70. The number of fused-ring (bicyclic) bond motifs is 1. The molecule has 0 saturated heterocycles. The second-order valence-electron chi connectivity index (χ2n) is 3.52. The van der Waals surface area contributed by atoms with Crippen LogP contribution in [0.5, 0.6) is 0 Å². The molecule has 0 fully saturated rings. The average Bonchev–Trinajstić information content (AvgIpc) is 2.82. The standard InChI is InChI=1S/C11H7IN3O2S/c16-15(17)8-5-12-6-13-10(8)11-14-7-3-1-2-4-9(7)18-11/h1-5H,6H2/q-1. The van der Waals surface area contributed by atoms with Crippen molar-refractivity contribution in [1.82, 2.24) is 4.98 Å². The van der Waals surface area contributed by atoms with Gasteiger partial charge in [-0.05, 0) is 0 Å². The van der Waals surface area contributed by atoms with Gasteiger partial charge in [0.15, 0.2) is 0 Å². The van der Waals surface area contributed by atoms with Crippen LogP contribution in [0.3, 0.4) is 0 Å². The van der Waals surface area contributed by atoms with E-state index in [9.17, 15) is 10.1 Å². The van der Waals surface area contributed by atoms with Crippen LogP contribution in [0.4, 0.5) is 0 Å². The molecular weight excluding hydrogens is 365 g/mol. The van der Waals surface area contributed by atoms with Crippen LogP contribution in [0.2, 0.25) is 0 Å². The van der Waals surface area contributed by atoms with Crippen molar-refractivity contribution in [1.29, 1.82) is 0 Å². The molecule has 1 aromatic carbocycles. The molecule has 0 atom stereocenters. The average molecular weight is 372 g/mol. The molecule has 0 radical (unpaired) electrons. The van der Waals surface area contributed by atoms with E-state index in [2.05, 4.69) is 9.98 Å². The van der Waals surface area contributed by atoms with E-state index < -0.39 is 0 Å². The molecule has 0 bridgehead atoms. The van der Waals surface area contributed by atoms with Crippen molar-refractivity contribution in [2.45, 2.75) is 0 Å². The number of thiazole rings is 1. The van der Waals surface area contributed by atoms with E-state index in [1.54, 1.807) is 4.08 Å². The zero-order chi connectivity index (χ0) is 12.5. The van der Waals surface area contributed by atoms with E-state index in [1.165, 1.54) is 11.3 Å². The molecule has 18 heavy (non-hydrogen) atoms. The van der Waals surface area contributed by atoms with Gasteiger partial charge in [0.1, 0.15) is 0 Å². The van der Waals surface area contributed by atoms with Crippen molar-refractivity contribution in [2.24, 2.45) is 4.99 Å². The van der Waals surface area contributed by atoms with Crippen LogP contribution in [0.25, 0.3) is 10.2 Å². The maximum atomic E-state index is 11.0. The SMILES string of the molecule is O=[N+]([O-])C1=C[I-]CN=C1c1nc2ccccc2s1. The summed E-state index contributed by atoms with van der Waals surface area (Å²) in [5, 5.41) is 11.6. The molecular formula is C11H7IN3O2S-. The topological polar surface area (TPSA) is 68.4 Å². The molecule has 3 rings (SSSR count). The van der Waals surface area contributed by atoms with E-state index in [-0.39, 0.29) is 31.8 Å². The Labute approximate surface area is 117 Å². The van der Waals surface area contributed by atoms with Crippen LogP contribution in [0.1, 0.15) is 5.01 Å². The third-order valence-corrected chi connectivity index (χ3v) is 5.21. The molecule has 7 heteroatoms. The van der Waals surface area contributed by atoms with Crippen LogP contribution in [-0.2, 0) is 0 Å². The van der Waals surface area contributed by atoms with E-state index in [0.717, 1.165) is 10.2 Å². The van der Waals surface area contributed by atoms with Gasteiger partial charge in [-0.1, -0.05) is 0 Å². The number of rotatable bonds is 2. The van der Waals surface area contributed by atoms with Gasteiger partial charge in [0.05, 0.1) is 0 Å². The summed E-state index contributed by atoms with van der Waals surface area (Å²) in [5.74, 6) is 0. The van der Waals surface area contributed by atoms with Crippen LogP contribution in [0, 0.1) is 10.1 Å². The number of alkyl halides is 1. The fraction of sp³-hybridized carbons (Fsp3) is 0.0909. The zero-order valence-electron chi connectivity index (χ0n) is 9.04. The second kappa shape index (κ2) is 4.73. The van der Waals surface area contributed by atoms with Gasteiger partial charge in [-0.3, -0.25) is 0 Å². The van der Waals surface area contributed by atoms with Crippen molar-refractivity contribution < 1.29 is 26.1 Å². The molecule has 0 aliphatic carbocycles. The van der Waals surface area contributed by atoms with Gasteiger partial charge >= 0.3 is 117 Å². The zero-order valence-corrected chi connectivity index (χ0v) is 12.0. The molecule has 1 aliphatic rings. The Kier molecular flexibility index (Phi) is 3.08. The van der Waals surface area contributed by atoms with Gasteiger partial charge in [-0.2, -0.15) is 0 Å². The number of para-hydroxylation sites is 1. The predicted octanol–water partition coefficient (Wildman–Crippen LogP) is -0.736. The number of nitro groups is 1. The Morgan fingerprint density at radius 3 is 3.00 bits per heavy atom. The second-order valence-corrected chi connectivity index (χ2v) is 6.74. The minimum atomic E-state index is -0.357. The van der Waals surface area contributed by atoms with Gasteiger partial charge in [-0.25, -0.2) is 0 Å². The third-order valence-electron chi connectivity index (χ3n) is 2.40. The van der Waals surface area contributed by atoms with Gasteiger partial charge in [0, 0.05) is 0 Å². The third kappa shape index (κ3) is 2.03. The summed E-state index contributed by atoms with van der Waals surface area (Å²) in [4.78, 5) is 19.4.